The van der Waals surface area contributed by atoms with Gasteiger partial charge in [0.1, 0.15) is 5.82 Å². The van der Waals surface area contributed by atoms with Crippen LogP contribution in [0.4, 0.5) is 0 Å². The molecule has 1 fully saturated rings. The number of rotatable bonds is 2. The lowest BCUT2D eigenvalue weighted by Gasteiger charge is -2.05. The SMILES string of the molecule is OCc1ccnc(C2CCOC2)n1. The first-order valence-electron chi connectivity index (χ1n) is 4.40. The number of aliphatic hydroxyl groups excluding tert-OH is 1. The average Bonchev–Trinajstić information content (AvgIpc) is 2.71. The van der Waals surface area contributed by atoms with Gasteiger partial charge in [0, 0.05) is 18.7 Å². The molecule has 0 aromatic carbocycles. The molecule has 13 heavy (non-hydrogen) atoms. The Morgan fingerprint density at radius 2 is 2.54 bits per heavy atom. The fraction of sp³-hybridized carbons (Fsp3) is 0.556. The van der Waals surface area contributed by atoms with Crippen LogP contribution in [-0.4, -0.2) is 28.3 Å². The second kappa shape index (κ2) is 3.81. The highest BCUT2D eigenvalue weighted by Gasteiger charge is 2.20. The van der Waals surface area contributed by atoms with Crippen LogP contribution < -0.4 is 0 Å². The smallest absolute Gasteiger partial charge is 0.134 e. The summed E-state index contributed by atoms with van der Waals surface area (Å²) in [7, 11) is 0. The fourth-order valence-electron chi connectivity index (χ4n) is 1.44. The molecule has 0 saturated carbocycles. The summed E-state index contributed by atoms with van der Waals surface area (Å²) in [6.07, 6.45) is 2.67. The second-order valence-corrected chi connectivity index (χ2v) is 3.12. The third-order valence-corrected chi connectivity index (χ3v) is 2.19. The Bertz CT molecular complexity index is 285. The Morgan fingerprint density at radius 1 is 1.62 bits per heavy atom. The maximum Gasteiger partial charge on any atom is 0.134 e. The van der Waals surface area contributed by atoms with Crippen molar-refractivity contribution in [2.45, 2.75) is 18.9 Å². The standard InChI is InChI=1S/C9H12N2O2/c12-5-8-1-3-10-9(11-8)7-2-4-13-6-7/h1,3,7,12H,2,4-6H2. The molecule has 1 aliphatic rings. The van der Waals surface area contributed by atoms with Crippen LogP contribution in [0, 0.1) is 0 Å². The predicted octanol–water partition coefficient (Wildman–Crippen LogP) is 0.473. The van der Waals surface area contributed by atoms with Crippen molar-refractivity contribution in [2.75, 3.05) is 13.2 Å². The van der Waals surface area contributed by atoms with Gasteiger partial charge in [0.05, 0.1) is 18.9 Å². The number of nitrogens with zero attached hydrogens (tertiary/aromatic N) is 2. The number of aliphatic hydroxyl groups is 1. The van der Waals surface area contributed by atoms with Gasteiger partial charge in [0.2, 0.25) is 0 Å². The molecular weight excluding hydrogens is 168 g/mol. The molecule has 1 N–H and O–H groups in total. The Balaban J connectivity index is 2.18. The largest absolute Gasteiger partial charge is 0.390 e. The molecule has 1 aromatic rings. The van der Waals surface area contributed by atoms with Crippen molar-refractivity contribution in [2.24, 2.45) is 0 Å². The van der Waals surface area contributed by atoms with Gasteiger partial charge < -0.3 is 9.84 Å². The molecule has 0 aliphatic carbocycles. The summed E-state index contributed by atoms with van der Waals surface area (Å²) in [5, 5.41) is 8.88. The van der Waals surface area contributed by atoms with Crippen molar-refractivity contribution in [1.29, 1.82) is 0 Å². The van der Waals surface area contributed by atoms with E-state index >= 15 is 0 Å². The lowest BCUT2D eigenvalue weighted by Crippen LogP contribution is -2.05. The summed E-state index contributed by atoms with van der Waals surface area (Å²) in [4.78, 5) is 8.40. The number of aromatic nitrogens is 2. The third kappa shape index (κ3) is 1.84. The van der Waals surface area contributed by atoms with Gasteiger partial charge in [0.15, 0.2) is 0 Å². The lowest BCUT2D eigenvalue weighted by atomic mass is 10.1. The van der Waals surface area contributed by atoms with Gasteiger partial charge in [-0.25, -0.2) is 9.97 Å². The van der Waals surface area contributed by atoms with Gasteiger partial charge in [-0.15, -0.1) is 0 Å². The van der Waals surface area contributed by atoms with Crippen LogP contribution in [-0.2, 0) is 11.3 Å². The van der Waals surface area contributed by atoms with Crippen molar-refractivity contribution < 1.29 is 9.84 Å². The monoisotopic (exact) mass is 180 g/mol. The molecule has 0 bridgehead atoms. The van der Waals surface area contributed by atoms with Gasteiger partial charge in [-0.3, -0.25) is 0 Å². The van der Waals surface area contributed by atoms with Crippen molar-refractivity contribution in [3.05, 3.63) is 23.8 Å². The maximum absolute atomic E-state index is 8.88. The highest BCUT2D eigenvalue weighted by atomic mass is 16.5. The minimum Gasteiger partial charge on any atom is -0.390 e. The summed E-state index contributed by atoms with van der Waals surface area (Å²) in [5.74, 6) is 1.11. The summed E-state index contributed by atoms with van der Waals surface area (Å²) in [6, 6.07) is 1.72. The first-order valence-corrected chi connectivity index (χ1v) is 4.40. The van der Waals surface area contributed by atoms with Gasteiger partial charge >= 0.3 is 0 Å². The van der Waals surface area contributed by atoms with Crippen LogP contribution in [0.25, 0.3) is 0 Å². The Labute approximate surface area is 76.6 Å². The highest BCUT2D eigenvalue weighted by Crippen LogP contribution is 2.21. The molecule has 0 spiro atoms. The van der Waals surface area contributed by atoms with Gasteiger partial charge in [-0.2, -0.15) is 0 Å². The summed E-state index contributed by atoms with van der Waals surface area (Å²) in [5.41, 5.74) is 0.678. The molecule has 1 atom stereocenters. The molecule has 0 amide bonds. The first kappa shape index (κ1) is 8.59. The molecule has 1 aromatic heterocycles. The van der Waals surface area contributed by atoms with E-state index in [1.54, 1.807) is 12.3 Å². The zero-order valence-corrected chi connectivity index (χ0v) is 7.31. The minimum absolute atomic E-state index is 0.0247. The van der Waals surface area contributed by atoms with Crippen molar-refractivity contribution in [3.8, 4) is 0 Å². The van der Waals surface area contributed by atoms with E-state index in [0.717, 1.165) is 18.9 Å². The van der Waals surface area contributed by atoms with E-state index in [4.69, 9.17) is 9.84 Å². The fourth-order valence-corrected chi connectivity index (χ4v) is 1.44. The van der Waals surface area contributed by atoms with Crippen LogP contribution in [0.3, 0.4) is 0 Å². The predicted molar refractivity (Wildman–Crippen MR) is 46.1 cm³/mol. The van der Waals surface area contributed by atoms with E-state index in [1.165, 1.54) is 0 Å². The van der Waals surface area contributed by atoms with Crippen LogP contribution in [0.2, 0.25) is 0 Å². The first-order chi connectivity index (χ1) is 6.40. The highest BCUT2D eigenvalue weighted by molar-refractivity contribution is 5.05. The van der Waals surface area contributed by atoms with Crippen LogP contribution in [0.5, 0.6) is 0 Å². The third-order valence-electron chi connectivity index (χ3n) is 2.19. The minimum atomic E-state index is -0.0247. The zero-order chi connectivity index (χ0) is 9.10. The van der Waals surface area contributed by atoms with E-state index in [1.807, 2.05) is 0 Å². The van der Waals surface area contributed by atoms with E-state index in [9.17, 15) is 0 Å². The van der Waals surface area contributed by atoms with Crippen molar-refractivity contribution in [3.63, 3.8) is 0 Å². The van der Waals surface area contributed by atoms with E-state index in [0.29, 0.717) is 18.2 Å². The van der Waals surface area contributed by atoms with Crippen molar-refractivity contribution in [1.82, 2.24) is 9.97 Å². The van der Waals surface area contributed by atoms with Gasteiger partial charge in [-0.1, -0.05) is 0 Å². The molecule has 2 rings (SSSR count). The Hall–Kier alpha value is -1.00. The van der Waals surface area contributed by atoms with Crippen molar-refractivity contribution >= 4 is 0 Å². The van der Waals surface area contributed by atoms with Crippen LogP contribution in [0.1, 0.15) is 23.9 Å². The topological polar surface area (TPSA) is 55.2 Å². The summed E-state index contributed by atoms with van der Waals surface area (Å²) < 4.78 is 5.24. The van der Waals surface area contributed by atoms with Gasteiger partial charge in [-0.05, 0) is 12.5 Å². The molecule has 4 heteroatoms. The molecule has 4 nitrogen and oxygen atoms in total. The lowest BCUT2D eigenvalue weighted by molar-refractivity contribution is 0.193. The number of ether oxygens (including phenoxy) is 1. The van der Waals surface area contributed by atoms with E-state index in [2.05, 4.69) is 9.97 Å². The molecule has 1 aliphatic heterocycles. The van der Waals surface area contributed by atoms with E-state index < -0.39 is 0 Å². The Kier molecular flexibility index (Phi) is 2.52. The summed E-state index contributed by atoms with van der Waals surface area (Å²) in [6.45, 7) is 1.47. The quantitative estimate of drug-likeness (QED) is 0.719. The van der Waals surface area contributed by atoms with Crippen LogP contribution in [0.15, 0.2) is 12.3 Å². The Morgan fingerprint density at radius 3 is 3.23 bits per heavy atom. The number of hydrogen-bond acceptors (Lipinski definition) is 4. The van der Waals surface area contributed by atoms with E-state index in [-0.39, 0.29) is 6.61 Å². The number of hydrogen-bond donors (Lipinski definition) is 1. The normalized spacial score (nSPS) is 22.1. The molecule has 1 unspecified atom stereocenters. The second-order valence-electron chi connectivity index (χ2n) is 3.12. The average molecular weight is 180 g/mol. The molecular formula is C9H12N2O2. The van der Waals surface area contributed by atoms with Crippen LogP contribution >= 0.6 is 0 Å². The zero-order valence-electron chi connectivity index (χ0n) is 7.31. The molecule has 1 saturated heterocycles. The van der Waals surface area contributed by atoms with Gasteiger partial charge in [0.25, 0.3) is 0 Å². The molecule has 70 valence electrons. The molecule has 0 radical (unpaired) electrons. The maximum atomic E-state index is 8.88. The molecule has 2 heterocycles. The summed E-state index contributed by atoms with van der Waals surface area (Å²) >= 11 is 0.